The van der Waals surface area contributed by atoms with Crippen LogP contribution in [0.2, 0.25) is 0 Å². The summed E-state index contributed by atoms with van der Waals surface area (Å²) in [5.74, 6) is 0. The summed E-state index contributed by atoms with van der Waals surface area (Å²) in [6.45, 7) is 13.9. The van der Waals surface area contributed by atoms with Gasteiger partial charge in [0.25, 0.3) is 0 Å². The van der Waals surface area contributed by atoms with Gasteiger partial charge in [0.15, 0.2) is 0 Å². The minimum atomic E-state index is 0.269. The van der Waals surface area contributed by atoms with Gasteiger partial charge >= 0.3 is 0 Å². The maximum atomic E-state index is 6.20. The first kappa shape index (κ1) is 14.3. The van der Waals surface area contributed by atoms with Crippen molar-refractivity contribution in [1.82, 2.24) is 9.80 Å². The summed E-state index contributed by atoms with van der Waals surface area (Å²) in [6.07, 6.45) is 5.14. The first-order valence-corrected chi connectivity index (χ1v) is 7.63. The third-order valence-corrected chi connectivity index (χ3v) is 5.31. The van der Waals surface area contributed by atoms with Crippen LogP contribution in [0.15, 0.2) is 0 Å². The van der Waals surface area contributed by atoms with Crippen molar-refractivity contribution >= 4 is 0 Å². The van der Waals surface area contributed by atoms with E-state index in [1.807, 2.05) is 0 Å². The van der Waals surface area contributed by atoms with Gasteiger partial charge < -0.3 is 10.6 Å². The summed E-state index contributed by atoms with van der Waals surface area (Å²) >= 11 is 0. The van der Waals surface area contributed by atoms with Gasteiger partial charge in [-0.1, -0.05) is 0 Å². The van der Waals surface area contributed by atoms with Crippen LogP contribution in [0.3, 0.4) is 0 Å². The van der Waals surface area contributed by atoms with E-state index in [4.69, 9.17) is 5.73 Å². The predicted molar refractivity (Wildman–Crippen MR) is 77.7 cm³/mol. The number of likely N-dealkylation sites (tertiary alicyclic amines) is 2. The number of piperidine rings is 1. The van der Waals surface area contributed by atoms with Crippen molar-refractivity contribution in [2.24, 2.45) is 5.73 Å². The van der Waals surface area contributed by atoms with Crippen LogP contribution in [0.1, 0.15) is 53.4 Å². The van der Waals surface area contributed by atoms with E-state index in [0.29, 0.717) is 11.6 Å². The molecule has 0 aromatic heterocycles. The average molecular weight is 253 g/mol. The molecule has 18 heavy (non-hydrogen) atoms. The molecule has 3 heteroatoms. The fourth-order valence-electron chi connectivity index (χ4n) is 4.03. The normalized spacial score (nSPS) is 29.0. The molecule has 3 nitrogen and oxygen atoms in total. The van der Waals surface area contributed by atoms with Crippen LogP contribution in [0, 0.1) is 0 Å². The molecule has 0 radical (unpaired) electrons. The van der Waals surface area contributed by atoms with E-state index < -0.39 is 0 Å². The second-order valence-electron chi connectivity index (χ2n) is 7.13. The standard InChI is InChI=1S/C15H31N3/c1-13(2)17-10-7-15(12-16,8-11-17)18-9-5-6-14(18,3)4/h13H,5-12,16H2,1-4H3. The van der Waals surface area contributed by atoms with Gasteiger partial charge in [0.1, 0.15) is 0 Å². The van der Waals surface area contributed by atoms with Crippen molar-refractivity contribution in [1.29, 1.82) is 0 Å². The molecule has 2 aliphatic heterocycles. The molecule has 2 fully saturated rings. The minimum Gasteiger partial charge on any atom is -0.329 e. The molecule has 0 unspecified atom stereocenters. The van der Waals surface area contributed by atoms with Gasteiger partial charge in [-0.15, -0.1) is 0 Å². The highest BCUT2D eigenvalue weighted by atomic mass is 15.3. The summed E-state index contributed by atoms with van der Waals surface area (Å²) in [5.41, 5.74) is 6.82. The second kappa shape index (κ2) is 5.10. The number of hydrogen-bond donors (Lipinski definition) is 1. The molecule has 2 rings (SSSR count). The van der Waals surface area contributed by atoms with Crippen LogP contribution in [-0.4, -0.2) is 53.1 Å². The van der Waals surface area contributed by atoms with Crippen LogP contribution >= 0.6 is 0 Å². The molecule has 2 N–H and O–H groups in total. The summed E-state index contributed by atoms with van der Waals surface area (Å²) in [4.78, 5) is 5.33. The number of rotatable bonds is 3. The predicted octanol–water partition coefficient (Wildman–Crippen LogP) is 2.06. The molecule has 0 aliphatic carbocycles. The fourth-order valence-corrected chi connectivity index (χ4v) is 4.03. The Morgan fingerprint density at radius 1 is 1.06 bits per heavy atom. The molecular weight excluding hydrogens is 222 g/mol. The van der Waals surface area contributed by atoms with Crippen LogP contribution in [0.5, 0.6) is 0 Å². The Kier molecular flexibility index (Phi) is 4.05. The summed E-state index contributed by atoms with van der Waals surface area (Å²) < 4.78 is 0. The Bertz CT molecular complexity index is 277. The van der Waals surface area contributed by atoms with Crippen LogP contribution in [-0.2, 0) is 0 Å². The second-order valence-corrected chi connectivity index (χ2v) is 7.13. The molecule has 0 aromatic carbocycles. The van der Waals surface area contributed by atoms with Gasteiger partial charge in [0.2, 0.25) is 0 Å². The minimum absolute atomic E-state index is 0.269. The Morgan fingerprint density at radius 3 is 2.06 bits per heavy atom. The molecule has 2 heterocycles. The van der Waals surface area contributed by atoms with Crippen molar-refractivity contribution < 1.29 is 0 Å². The van der Waals surface area contributed by atoms with Gasteiger partial charge in [-0.05, 0) is 59.9 Å². The van der Waals surface area contributed by atoms with Gasteiger partial charge in [-0.2, -0.15) is 0 Å². The lowest BCUT2D eigenvalue weighted by Gasteiger charge is -2.52. The zero-order valence-corrected chi connectivity index (χ0v) is 12.7. The van der Waals surface area contributed by atoms with Crippen molar-refractivity contribution in [3.8, 4) is 0 Å². The molecule has 0 bridgehead atoms. The maximum Gasteiger partial charge on any atom is 0.0361 e. The molecule has 106 valence electrons. The van der Waals surface area contributed by atoms with E-state index in [9.17, 15) is 0 Å². The monoisotopic (exact) mass is 253 g/mol. The van der Waals surface area contributed by atoms with Crippen molar-refractivity contribution in [3.05, 3.63) is 0 Å². The van der Waals surface area contributed by atoms with Gasteiger partial charge in [-0.3, -0.25) is 4.90 Å². The van der Waals surface area contributed by atoms with Crippen molar-refractivity contribution in [2.45, 2.75) is 70.5 Å². The highest BCUT2D eigenvalue weighted by molar-refractivity contribution is 5.04. The molecular formula is C15H31N3. The number of hydrogen-bond acceptors (Lipinski definition) is 3. The van der Waals surface area contributed by atoms with E-state index in [1.54, 1.807) is 0 Å². The Balaban J connectivity index is 2.09. The Morgan fingerprint density at radius 2 is 1.67 bits per heavy atom. The van der Waals surface area contributed by atoms with Crippen molar-refractivity contribution in [3.63, 3.8) is 0 Å². The molecule has 0 saturated carbocycles. The van der Waals surface area contributed by atoms with Crippen LogP contribution in [0.25, 0.3) is 0 Å². The maximum absolute atomic E-state index is 6.20. The summed E-state index contributed by atoms with van der Waals surface area (Å²) in [5, 5.41) is 0. The lowest BCUT2D eigenvalue weighted by Crippen LogP contribution is -2.63. The number of nitrogens with two attached hydrogens (primary N) is 1. The first-order chi connectivity index (χ1) is 8.41. The zero-order chi connectivity index (χ0) is 13.4. The molecule has 0 amide bonds. The SMILES string of the molecule is CC(C)N1CCC(CN)(N2CCCC2(C)C)CC1. The highest BCUT2D eigenvalue weighted by Gasteiger charge is 2.47. The van der Waals surface area contributed by atoms with Crippen molar-refractivity contribution in [2.75, 3.05) is 26.2 Å². The van der Waals surface area contributed by atoms with Gasteiger partial charge in [0.05, 0.1) is 0 Å². The Hall–Kier alpha value is -0.120. The van der Waals surface area contributed by atoms with Gasteiger partial charge in [0, 0.05) is 36.8 Å². The third kappa shape index (κ3) is 2.45. The molecule has 2 aliphatic rings. The largest absolute Gasteiger partial charge is 0.329 e. The highest BCUT2D eigenvalue weighted by Crippen LogP contribution is 2.40. The molecule has 0 aromatic rings. The van der Waals surface area contributed by atoms with E-state index in [1.165, 1.54) is 45.3 Å². The summed E-state index contributed by atoms with van der Waals surface area (Å²) in [6, 6.07) is 0.673. The topological polar surface area (TPSA) is 32.5 Å². The molecule has 0 spiro atoms. The lowest BCUT2D eigenvalue weighted by atomic mass is 9.82. The van der Waals surface area contributed by atoms with Crippen LogP contribution in [0.4, 0.5) is 0 Å². The van der Waals surface area contributed by atoms with E-state index >= 15 is 0 Å². The van der Waals surface area contributed by atoms with E-state index in [2.05, 4.69) is 37.5 Å². The zero-order valence-electron chi connectivity index (χ0n) is 12.7. The van der Waals surface area contributed by atoms with E-state index in [0.717, 1.165) is 6.54 Å². The smallest absolute Gasteiger partial charge is 0.0361 e. The van der Waals surface area contributed by atoms with E-state index in [-0.39, 0.29) is 5.54 Å². The average Bonchev–Trinajstić information content (AvgIpc) is 2.69. The lowest BCUT2D eigenvalue weighted by molar-refractivity contribution is -0.0177. The first-order valence-electron chi connectivity index (χ1n) is 7.63. The number of nitrogens with zero attached hydrogens (tertiary/aromatic N) is 2. The van der Waals surface area contributed by atoms with Gasteiger partial charge in [-0.25, -0.2) is 0 Å². The molecule has 2 saturated heterocycles. The Labute approximate surface area is 113 Å². The fraction of sp³-hybridized carbons (Fsp3) is 1.00. The quantitative estimate of drug-likeness (QED) is 0.835. The third-order valence-electron chi connectivity index (χ3n) is 5.31. The van der Waals surface area contributed by atoms with Crippen LogP contribution < -0.4 is 5.73 Å². The summed E-state index contributed by atoms with van der Waals surface area (Å²) in [7, 11) is 0. The molecule has 0 atom stereocenters.